The van der Waals surface area contributed by atoms with E-state index in [0.717, 1.165) is 18.7 Å². The fourth-order valence-corrected chi connectivity index (χ4v) is 2.22. The molecule has 1 aromatic heterocycles. The lowest BCUT2D eigenvalue weighted by Gasteiger charge is -2.39. The van der Waals surface area contributed by atoms with E-state index in [-0.39, 0.29) is 0 Å². The van der Waals surface area contributed by atoms with E-state index in [1.165, 1.54) is 19.3 Å². The van der Waals surface area contributed by atoms with Crippen LogP contribution in [0.4, 0.5) is 5.69 Å². The standard InChI is InChI=1S/C13H20N4O/c14-6-2-8-17(10-3-1-4-10)11-5-7-16-12(9-11)13(15)18/h5,7,9-10H,1-4,6,8,14H2,(H2,15,18). The number of nitrogens with zero attached hydrogens (tertiary/aromatic N) is 2. The first-order chi connectivity index (χ1) is 8.72. The van der Waals surface area contributed by atoms with Gasteiger partial charge in [-0.05, 0) is 44.4 Å². The maximum atomic E-state index is 11.2. The minimum atomic E-state index is -0.482. The van der Waals surface area contributed by atoms with Gasteiger partial charge in [-0.3, -0.25) is 9.78 Å². The highest BCUT2D eigenvalue weighted by Gasteiger charge is 2.25. The van der Waals surface area contributed by atoms with Gasteiger partial charge in [0.25, 0.3) is 5.91 Å². The molecular formula is C13H20N4O. The van der Waals surface area contributed by atoms with Crippen LogP contribution in [0.1, 0.15) is 36.2 Å². The molecule has 0 unspecified atom stereocenters. The fourth-order valence-electron chi connectivity index (χ4n) is 2.22. The molecule has 0 radical (unpaired) electrons. The second kappa shape index (κ2) is 5.82. The van der Waals surface area contributed by atoms with Crippen molar-refractivity contribution in [1.82, 2.24) is 4.98 Å². The summed E-state index contributed by atoms with van der Waals surface area (Å²) in [6.07, 6.45) is 6.28. The second-order valence-corrected chi connectivity index (χ2v) is 4.68. The Hall–Kier alpha value is -1.62. The highest BCUT2D eigenvalue weighted by Crippen LogP contribution is 2.29. The molecule has 4 N–H and O–H groups in total. The van der Waals surface area contributed by atoms with E-state index in [4.69, 9.17) is 11.5 Å². The molecule has 0 aromatic carbocycles. The Bertz CT molecular complexity index is 417. The van der Waals surface area contributed by atoms with Crippen LogP contribution in [0.25, 0.3) is 0 Å². The average Bonchev–Trinajstić information content (AvgIpc) is 2.32. The molecule has 0 spiro atoms. The largest absolute Gasteiger partial charge is 0.368 e. The number of amides is 1. The third-order valence-corrected chi connectivity index (χ3v) is 3.45. The van der Waals surface area contributed by atoms with Crippen molar-refractivity contribution in [1.29, 1.82) is 0 Å². The molecule has 1 heterocycles. The lowest BCUT2D eigenvalue weighted by molar-refractivity contribution is 0.0995. The highest BCUT2D eigenvalue weighted by molar-refractivity contribution is 5.91. The zero-order valence-corrected chi connectivity index (χ0v) is 10.5. The molecule has 0 aliphatic heterocycles. The van der Waals surface area contributed by atoms with Crippen LogP contribution in [0.2, 0.25) is 0 Å². The van der Waals surface area contributed by atoms with Crippen LogP contribution in [-0.2, 0) is 0 Å². The third kappa shape index (κ3) is 2.79. The van der Waals surface area contributed by atoms with Gasteiger partial charge >= 0.3 is 0 Å². The summed E-state index contributed by atoms with van der Waals surface area (Å²) in [6.45, 7) is 1.60. The first kappa shape index (κ1) is 12.8. The van der Waals surface area contributed by atoms with Gasteiger partial charge in [-0.1, -0.05) is 0 Å². The monoisotopic (exact) mass is 248 g/mol. The van der Waals surface area contributed by atoms with Crippen LogP contribution in [-0.4, -0.2) is 30.0 Å². The minimum Gasteiger partial charge on any atom is -0.368 e. The summed E-state index contributed by atoms with van der Waals surface area (Å²) in [5, 5.41) is 0. The summed E-state index contributed by atoms with van der Waals surface area (Å²) in [7, 11) is 0. The van der Waals surface area contributed by atoms with Gasteiger partial charge < -0.3 is 16.4 Å². The Morgan fingerprint density at radius 2 is 2.28 bits per heavy atom. The number of carbonyl (C=O) groups is 1. The maximum absolute atomic E-state index is 11.2. The van der Waals surface area contributed by atoms with Gasteiger partial charge in [-0.25, -0.2) is 0 Å². The molecule has 2 rings (SSSR count). The Kier molecular flexibility index (Phi) is 4.15. The normalized spacial score (nSPS) is 15.2. The molecule has 1 aliphatic rings. The van der Waals surface area contributed by atoms with Gasteiger partial charge in [0, 0.05) is 24.5 Å². The van der Waals surface area contributed by atoms with Gasteiger partial charge in [0.2, 0.25) is 0 Å². The van der Waals surface area contributed by atoms with Crippen molar-refractivity contribution in [3.05, 3.63) is 24.0 Å². The Balaban J connectivity index is 2.17. The molecule has 0 bridgehead atoms. The van der Waals surface area contributed by atoms with Gasteiger partial charge in [0.05, 0.1) is 0 Å². The smallest absolute Gasteiger partial charge is 0.267 e. The van der Waals surface area contributed by atoms with Crippen LogP contribution in [0, 0.1) is 0 Å². The number of nitrogens with two attached hydrogens (primary N) is 2. The van der Waals surface area contributed by atoms with Crippen LogP contribution in [0.5, 0.6) is 0 Å². The number of hydrogen-bond acceptors (Lipinski definition) is 4. The molecule has 1 aliphatic carbocycles. The molecular weight excluding hydrogens is 228 g/mol. The van der Waals surface area contributed by atoms with Gasteiger partial charge in [-0.15, -0.1) is 0 Å². The molecule has 1 saturated carbocycles. The van der Waals surface area contributed by atoms with E-state index in [1.807, 2.05) is 6.07 Å². The Labute approximate surface area is 107 Å². The number of hydrogen-bond donors (Lipinski definition) is 2. The molecule has 0 saturated heterocycles. The molecule has 1 aromatic rings. The number of aromatic nitrogens is 1. The predicted molar refractivity (Wildman–Crippen MR) is 71.4 cm³/mol. The molecule has 98 valence electrons. The molecule has 5 nitrogen and oxygen atoms in total. The summed E-state index contributed by atoms with van der Waals surface area (Å²) in [6, 6.07) is 4.28. The fraction of sp³-hybridized carbons (Fsp3) is 0.538. The SMILES string of the molecule is NCCCN(c1ccnc(C(N)=O)c1)C1CCC1. The summed E-state index contributed by atoms with van der Waals surface area (Å²) < 4.78 is 0. The van der Waals surface area contributed by atoms with Crippen molar-refractivity contribution in [3.63, 3.8) is 0 Å². The molecule has 0 atom stereocenters. The van der Waals surface area contributed by atoms with E-state index in [9.17, 15) is 4.79 Å². The number of carbonyl (C=O) groups excluding carboxylic acids is 1. The van der Waals surface area contributed by atoms with Crippen molar-refractivity contribution in [2.45, 2.75) is 31.7 Å². The minimum absolute atomic E-state index is 0.324. The topological polar surface area (TPSA) is 85.2 Å². The zero-order valence-electron chi connectivity index (χ0n) is 10.5. The summed E-state index contributed by atoms with van der Waals surface area (Å²) in [5.74, 6) is -0.482. The van der Waals surface area contributed by atoms with E-state index < -0.39 is 5.91 Å². The number of primary amides is 1. The Morgan fingerprint density at radius 1 is 1.50 bits per heavy atom. The lowest BCUT2D eigenvalue weighted by atomic mass is 9.91. The van der Waals surface area contributed by atoms with E-state index in [0.29, 0.717) is 18.3 Å². The molecule has 18 heavy (non-hydrogen) atoms. The lowest BCUT2D eigenvalue weighted by Crippen LogP contribution is -2.41. The van der Waals surface area contributed by atoms with Crippen LogP contribution < -0.4 is 16.4 Å². The molecule has 1 amide bonds. The van der Waals surface area contributed by atoms with Crippen molar-refractivity contribution >= 4 is 11.6 Å². The van der Waals surface area contributed by atoms with Crippen molar-refractivity contribution < 1.29 is 4.79 Å². The zero-order chi connectivity index (χ0) is 13.0. The molecule has 5 heteroatoms. The first-order valence-corrected chi connectivity index (χ1v) is 6.45. The predicted octanol–water partition coefficient (Wildman–Crippen LogP) is 0.888. The second-order valence-electron chi connectivity index (χ2n) is 4.68. The molecule has 1 fully saturated rings. The summed E-state index contributed by atoms with van der Waals surface area (Å²) in [4.78, 5) is 17.5. The first-order valence-electron chi connectivity index (χ1n) is 6.45. The quantitative estimate of drug-likeness (QED) is 0.783. The van der Waals surface area contributed by atoms with Crippen molar-refractivity contribution in [2.75, 3.05) is 18.0 Å². The Morgan fingerprint density at radius 3 is 2.83 bits per heavy atom. The van der Waals surface area contributed by atoms with Gasteiger partial charge in [-0.2, -0.15) is 0 Å². The number of rotatable bonds is 6. The summed E-state index contributed by atoms with van der Waals surface area (Å²) in [5.41, 5.74) is 12.2. The van der Waals surface area contributed by atoms with Crippen LogP contribution in [0.3, 0.4) is 0 Å². The van der Waals surface area contributed by atoms with E-state index >= 15 is 0 Å². The number of anilines is 1. The van der Waals surface area contributed by atoms with E-state index in [1.54, 1.807) is 12.3 Å². The van der Waals surface area contributed by atoms with E-state index in [2.05, 4.69) is 9.88 Å². The summed E-state index contributed by atoms with van der Waals surface area (Å²) >= 11 is 0. The van der Waals surface area contributed by atoms with Crippen LogP contribution in [0.15, 0.2) is 18.3 Å². The average molecular weight is 248 g/mol. The van der Waals surface area contributed by atoms with Crippen molar-refractivity contribution in [3.8, 4) is 0 Å². The maximum Gasteiger partial charge on any atom is 0.267 e. The van der Waals surface area contributed by atoms with Crippen LogP contribution >= 0.6 is 0 Å². The van der Waals surface area contributed by atoms with Gasteiger partial charge in [0.15, 0.2) is 0 Å². The highest BCUT2D eigenvalue weighted by atomic mass is 16.1. The van der Waals surface area contributed by atoms with Crippen molar-refractivity contribution in [2.24, 2.45) is 11.5 Å². The number of pyridine rings is 1. The third-order valence-electron chi connectivity index (χ3n) is 3.45. The van der Waals surface area contributed by atoms with Gasteiger partial charge in [0.1, 0.15) is 5.69 Å².